The molecule has 38 heavy (non-hydrogen) atoms. The van der Waals surface area contributed by atoms with E-state index in [0.29, 0.717) is 37.5 Å². The van der Waals surface area contributed by atoms with Crippen LogP contribution in [0.2, 0.25) is 0 Å². The highest BCUT2D eigenvalue weighted by Crippen LogP contribution is 2.39. The summed E-state index contributed by atoms with van der Waals surface area (Å²) in [5.74, 6) is -0.766. The second-order valence-electron chi connectivity index (χ2n) is 8.05. The van der Waals surface area contributed by atoms with Crippen molar-refractivity contribution in [2.45, 2.75) is 52.9 Å². The molecular weight excluding hydrogens is 492 g/mol. The van der Waals surface area contributed by atoms with Gasteiger partial charge in [0.25, 0.3) is 6.47 Å². The highest BCUT2D eigenvalue weighted by atomic mass is 19.1. The normalized spacial score (nSPS) is 17.0. The predicted molar refractivity (Wildman–Crippen MR) is 143 cm³/mol. The maximum absolute atomic E-state index is 13.0. The lowest BCUT2D eigenvalue weighted by molar-refractivity contribution is -0.167. The minimum atomic E-state index is -0.645. The highest BCUT2D eigenvalue weighted by molar-refractivity contribution is 6.01. The van der Waals surface area contributed by atoms with E-state index in [0.717, 1.165) is 17.5 Å². The molecule has 0 aliphatic carbocycles. The number of β-lactam (4-membered cyclic amide) rings is 1. The Labute approximate surface area is 223 Å². The van der Waals surface area contributed by atoms with Gasteiger partial charge in [0.15, 0.2) is 5.79 Å². The first-order valence-corrected chi connectivity index (χ1v) is 12.3. The maximum Gasteiger partial charge on any atom is 0.298 e. The monoisotopic (exact) mass is 527 g/mol. The predicted octanol–water partition coefficient (Wildman–Crippen LogP) is 6.94. The van der Waals surface area contributed by atoms with Gasteiger partial charge in [-0.05, 0) is 54.1 Å². The number of hydrogen-bond acceptors (Lipinski definition) is 5. The van der Waals surface area contributed by atoms with Gasteiger partial charge in [0, 0.05) is 17.7 Å². The SMILES string of the molecule is C.CC.CCC1(c2ccc(F)cc2)OCCO1.O=COc1ccc(C2CC(=O)N2c2ccc(F)cc2)cc1. The van der Waals surface area contributed by atoms with E-state index < -0.39 is 5.79 Å². The number of amides is 1. The molecule has 204 valence electrons. The molecule has 1 atom stereocenters. The van der Waals surface area contributed by atoms with E-state index in [1.807, 2.05) is 32.9 Å². The Kier molecular flexibility index (Phi) is 11.6. The summed E-state index contributed by atoms with van der Waals surface area (Å²) in [7, 11) is 0. The molecule has 5 rings (SSSR count). The van der Waals surface area contributed by atoms with Gasteiger partial charge >= 0.3 is 0 Å². The Balaban J connectivity index is 0.000000261. The summed E-state index contributed by atoms with van der Waals surface area (Å²) in [5, 5.41) is 0. The zero-order chi connectivity index (χ0) is 26.8. The Morgan fingerprint density at radius 3 is 1.92 bits per heavy atom. The van der Waals surface area contributed by atoms with Gasteiger partial charge in [-0.1, -0.05) is 52.5 Å². The number of carbonyl (C=O) groups excluding carboxylic acids is 2. The van der Waals surface area contributed by atoms with Gasteiger partial charge in [-0.3, -0.25) is 9.59 Å². The van der Waals surface area contributed by atoms with Crippen LogP contribution in [-0.4, -0.2) is 25.6 Å². The Hall–Kier alpha value is -3.62. The summed E-state index contributed by atoms with van der Waals surface area (Å²) in [5.41, 5.74) is 2.50. The molecule has 0 N–H and O–H groups in total. The Bertz CT molecular complexity index is 1140. The average Bonchev–Trinajstić information content (AvgIpc) is 3.42. The van der Waals surface area contributed by atoms with Crippen LogP contribution in [0.4, 0.5) is 14.5 Å². The third kappa shape index (κ3) is 7.02. The van der Waals surface area contributed by atoms with Crippen molar-refractivity contribution in [2.24, 2.45) is 0 Å². The molecule has 0 saturated carbocycles. The van der Waals surface area contributed by atoms with Gasteiger partial charge < -0.3 is 19.1 Å². The van der Waals surface area contributed by atoms with Crippen molar-refractivity contribution in [1.29, 1.82) is 0 Å². The molecule has 0 aromatic heterocycles. The van der Waals surface area contributed by atoms with E-state index in [-0.39, 0.29) is 31.0 Å². The summed E-state index contributed by atoms with van der Waals surface area (Å²) in [6.45, 7) is 7.57. The van der Waals surface area contributed by atoms with Crippen molar-refractivity contribution in [1.82, 2.24) is 0 Å². The van der Waals surface area contributed by atoms with Gasteiger partial charge in [0.05, 0.1) is 25.7 Å². The minimum absolute atomic E-state index is 0. The number of carbonyl (C=O) groups is 2. The summed E-state index contributed by atoms with van der Waals surface area (Å²) >= 11 is 0. The first-order valence-electron chi connectivity index (χ1n) is 12.3. The van der Waals surface area contributed by atoms with Crippen LogP contribution in [-0.2, 0) is 24.8 Å². The fourth-order valence-corrected chi connectivity index (χ4v) is 4.17. The second-order valence-corrected chi connectivity index (χ2v) is 8.05. The van der Waals surface area contributed by atoms with Crippen molar-refractivity contribution < 1.29 is 32.6 Å². The first-order chi connectivity index (χ1) is 18.0. The van der Waals surface area contributed by atoms with Crippen molar-refractivity contribution in [3.05, 3.63) is 95.6 Å². The number of anilines is 1. The van der Waals surface area contributed by atoms with Crippen molar-refractivity contribution in [3.63, 3.8) is 0 Å². The highest BCUT2D eigenvalue weighted by Gasteiger charge is 2.38. The molecule has 0 spiro atoms. The number of ether oxygens (including phenoxy) is 3. The zero-order valence-corrected chi connectivity index (χ0v) is 21.2. The Morgan fingerprint density at radius 2 is 1.45 bits per heavy atom. The molecule has 2 aliphatic heterocycles. The van der Waals surface area contributed by atoms with Gasteiger partial charge in [-0.2, -0.15) is 0 Å². The third-order valence-corrected chi connectivity index (χ3v) is 6.01. The minimum Gasteiger partial charge on any atom is -0.429 e. The van der Waals surface area contributed by atoms with Crippen molar-refractivity contribution in [2.75, 3.05) is 18.1 Å². The molecule has 2 saturated heterocycles. The van der Waals surface area contributed by atoms with Crippen molar-refractivity contribution in [3.8, 4) is 5.75 Å². The molecule has 1 unspecified atom stereocenters. The maximum atomic E-state index is 13.0. The van der Waals surface area contributed by atoms with Crippen molar-refractivity contribution >= 4 is 18.1 Å². The lowest BCUT2D eigenvalue weighted by atomic mass is 9.93. The standard InChI is InChI=1S/C16H12FNO3.C11H13FO2.C2H6.CH4/c17-12-3-5-13(6-4-12)18-15(9-16(18)20)11-1-7-14(8-2-11)21-10-19;1-2-11(13-7-8-14-11)9-3-5-10(12)6-4-9;1-2;/h1-8,10,15H,9H2;3-6H,2,7-8H2,1H3;1-2H3;1H4. The molecular formula is C30H35F2NO5. The Morgan fingerprint density at radius 1 is 0.921 bits per heavy atom. The fourth-order valence-electron chi connectivity index (χ4n) is 4.17. The summed E-state index contributed by atoms with van der Waals surface area (Å²) in [6, 6.07) is 19.0. The molecule has 0 radical (unpaired) electrons. The lowest BCUT2D eigenvalue weighted by Crippen LogP contribution is -2.46. The van der Waals surface area contributed by atoms with E-state index in [2.05, 4.69) is 0 Å². The van der Waals surface area contributed by atoms with Gasteiger partial charge in [0.2, 0.25) is 5.91 Å². The molecule has 2 heterocycles. The summed E-state index contributed by atoms with van der Waals surface area (Å²) < 4.78 is 41.6. The van der Waals surface area contributed by atoms with E-state index >= 15 is 0 Å². The number of nitrogens with zero attached hydrogens (tertiary/aromatic N) is 1. The van der Waals surface area contributed by atoms with Crippen LogP contribution < -0.4 is 9.64 Å². The van der Waals surface area contributed by atoms with Crippen LogP contribution in [0.15, 0.2) is 72.8 Å². The fraction of sp³-hybridized carbons (Fsp3) is 0.333. The van der Waals surface area contributed by atoms with Crippen LogP contribution in [0.25, 0.3) is 0 Å². The molecule has 8 heteroatoms. The summed E-state index contributed by atoms with van der Waals surface area (Å²) in [4.78, 5) is 23.7. The van der Waals surface area contributed by atoms with Crippen LogP contribution >= 0.6 is 0 Å². The number of benzene rings is 3. The smallest absolute Gasteiger partial charge is 0.298 e. The third-order valence-electron chi connectivity index (χ3n) is 6.01. The van der Waals surface area contributed by atoms with E-state index in [4.69, 9.17) is 14.2 Å². The van der Waals surface area contributed by atoms with Crippen LogP contribution in [0.1, 0.15) is 58.2 Å². The first kappa shape index (κ1) is 30.6. The zero-order valence-electron chi connectivity index (χ0n) is 21.2. The number of rotatable bonds is 6. The molecule has 3 aromatic rings. The van der Waals surface area contributed by atoms with E-state index in [9.17, 15) is 18.4 Å². The quantitative estimate of drug-likeness (QED) is 0.257. The number of halogens is 2. The lowest BCUT2D eigenvalue weighted by Gasteiger charge is -2.40. The van der Waals surface area contributed by atoms with Crippen LogP contribution in [0, 0.1) is 11.6 Å². The van der Waals surface area contributed by atoms with Gasteiger partial charge in [-0.25, -0.2) is 8.78 Å². The van der Waals surface area contributed by atoms with Crippen LogP contribution in [0.3, 0.4) is 0 Å². The molecule has 2 aliphatic rings. The molecule has 2 fully saturated rings. The molecule has 0 bridgehead atoms. The van der Waals surface area contributed by atoms with E-state index in [1.54, 1.807) is 41.3 Å². The molecule has 3 aromatic carbocycles. The number of hydrogen-bond donors (Lipinski definition) is 0. The average molecular weight is 528 g/mol. The largest absolute Gasteiger partial charge is 0.429 e. The van der Waals surface area contributed by atoms with Crippen LogP contribution in [0.5, 0.6) is 5.75 Å². The van der Waals surface area contributed by atoms with Gasteiger partial charge in [-0.15, -0.1) is 0 Å². The molecule has 1 amide bonds. The second kappa shape index (κ2) is 14.4. The molecule has 6 nitrogen and oxygen atoms in total. The summed E-state index contributed by atoms with van der Waals surface area (Å²) in [6.07, 6.45) is 1.14. The topological polar surface area (TPSA) is 65.1 Å². The van der Waals surface area contributed by atoms with Gasteiger partial charge in [0.1, 0.15) is 17.4 Å². The van der Waals surface area contributed by atoms with E-state index in [1.165, 1.54) is 24.3 Å².